The number of fused-ring (bicyclic) bond motifs is 2. The van der Waals surface area contributed by atoms with Gasteiger partial charge in [0.2, 0.25) is 0 Å². The number of carbonyl (C=O) groups excluding carboxylic acids is 2. The van der Waals surface area contributed by atoms with E-state index in [0.29, 0.717) is 42.9 Å². The molecule has 1 atom stereocenters. The zero-order valence-corrected chi connectivity index (χ0v) is 26.7. The number of urea groups is 1. The van der Waals surface area contributed by atoms with E-state index < -0.39 is 30.1 Å². The van der Waals surface area contributed by atoms with Gasteiger partial charge in [-0.15, -0.1) is 0 Å². The van der Waals surface area contributed by atoms with Crippen LogP contribution in [0.15, 0.2) is 53.5 Å². The van der Waals surface area contributed by atoms with E-state index in [1.165, 1.54) is 13.3 Å². The Hall–Kier alpha value is -3.91. The third-order valence-corrected chi connectivity index (χ3v) is 11.6. The Bertz CT molecular complexity index is 1810. The summed E-state index contributed by atoms with van der Waals surface area (Å²) in [4.78, 5) is 43.0. The molecule has 1 saturated heterocycles. The SMILES string of the molecule is COC(=O)C(Cc1ccc2c(cnn2S(=O)(=O)CC[Si](C)(C)C)c1)NC(=O)N1CCC(n2c(=O)[nH]c3ccccc32)CC1. The van der Waals surface area contributed by atoms with Gasteiger partial charge >= 0.3 is 17.7 Å². The number of likely N-dealkylation sites (tertiary alicyclic amines) is 1. The van der Waals surface area contributed by atoms with Crippen LogP contribution in [0.25, 0.3) is 21.9 Å². The number of amides is 2. The second kappa shape index (κ2) is 12.0. The lowest BCUT2D eigenvalue weighted by molar-refractivity contribution is -0.142. The van der Waals surface area contributed by atoms with Crippen molar-refractivity contribution in [2.75, 3.05) is 26.0 Å². The second-order valence-electron chi connectivity index (χ2n) is 12.3. The molecule has 14 heteroatoms. The van der Waals surface area contributed by atoms with E-state index in [1.54, 1.807) is 27.7 Å². The molecule has 2 aromatic carbocycles. The Morgan fingerprint density at radius 1 is 1.12 bits per heavy atom. The van der Waals surface area contributed by atoms with Gasteiger partial charge in [-0.3, -0.25) is 4.57 Å². The third kappa shape index (κ3) is 6.69. The zero-order valence-electron chi connectivity index (χ0n) is 24.9. The van der Waals surface area contributed by atoms with Crippen LogP contribution in [0.1, 0.15) is 24.4 Å². The first-order chi connectivity index (χ1) is 20.4. The van der Waals surface area contributed by atoms with Crippen molar-refractivity contribution in [1.29, 1.82) is 0 Å². The van der Waals surface area contributed by atoms with Gasteiger partial charge in [0.1, 0.15) is 6.04 Å². The highest BCUT2D eigenvalue weighted by molar-refractivity contribution is 7.90. The molecule has 0 aliphatic carbocycles. The minimum absolute atomic E-state index is 0.0352. The lowest BCUT2D eigenvalue weighted by atomic mass is 10.0. The predicted octanol–water partition coefficient (Wildman–Crippen LogP) is 3.33. The standard InChI is InChI=1S/C29H38N6O6SSi/c1-41-27(36)24(18-20-9-10-25-21(17-20)19-30-35(25)42(39,40)15-16-43(2,3)4)32-28(37)33-13-11-22(12-14-33)34-26-8-6-5-7-23(26)31-29(34)38/h5-10,17,19,22,24H,11-16,18H2,1-4H3,(H,31,38)(H,32,37). The number of H-pyrrole nitrogens is 1. The minimum Gasteiger partial charge on any atom is -0.467 e. The molecule has 2 N–H and O–H groups in total. The van der Waals surface area contributed by atoms with E-state index in [4.69, 9.17) is 4.74 Å². The summed E-state index contributed by atoms with van der Waals surface area (Å²) in [5, 5.41) is 7.58. The van der Waals surface area contributed by atoms with Crippen LogP contribution in [-0.2, 0) is 26.0 Å². The van der Waals surface area contributed by atoms with Crippen molar-refractivity contribution in [3.05, 3.63) is 64.7 Å². The molecule has 1 unspecified atom stereocenters. The summed E-state index contributed by atoms with van der Waals surface area (Å²) in [5.41, 5.74) is 2.65. The molecule has 2 aromatic heterocycles. The monoisotopic (exact) mass is 626 g/mol. The van der Waals surface area contributed by atoms with E-state index in [-0.39, 0.29) is 29.9 Å². The van der Waals surface area contributed by atoms with Gasteiger partial charge in [-0.2, -0.15) is 9.19 Å². The van der Waals surface area contributed by atoms with E-state index in [0.717, 1.165) is 20.7 Å². The smallest absolute Gasteiger partial charge is 0.328 e. The number of hydrogen-bond donors (Lipinski definition) is 2. The molecular weight excluding hydrogens is 589 g/mol. The van der Waals surface area contributed by atoms with E-state index in [1.807, 2.05) is 24.3 Å². The minimum atomic E-state index is -3.61. The summed E-state index contributed by atoms with van der Waals surface area (Å²) in [6.45, 7) is 7.23. The Morgan fingerprint density at radius 2 is 1.84 bits per heavy atom. The number of aromatic nitrogens is 4. The van der Waals surface area contributed by atoms with Gasteiger partial charge in [-0.1, -0.05) is 37.8 Å². The topological polar surface area (TPSA) is 148 Å². The quantitative estimate of drug-likeness (QED) is 0.214. The molecule has 0 saturated carbocycles. The second-order valence-corrected chi connectivity index (χ2v) is 19.8. The van der Waals surface area contributed by atoms with Crippen molar-refractivity contribution in [2.45, 2.75) is 57.0 Å². The summed E-state index contributed by atoms with van der Waals surface area (Å²) in [6.07, 6.45) is 2.85. The number of nitrogens with zero attached hydrogens (tertiary/aromatic N) is 4. The fourth-order valence-corrected chi connectivity index (χ4v) is 9.82. The van der Waals surface area contributed by atoms with Gasteiger partial charge in [0.15, 0.2) is 0 Å². The first kappa shape index (κ1) is 30.5. The molecule has 1 aliphatic rings. The predicted molar refractivity (Wildman–Crippen MR) is 168 cm³/mol. The van der Waals surface area contributed by atoms with Gasteiger partial charge in [0.05, 0.1) is 35.6 Å². The number of rotatable bonds is 9. The Balaban J connectivity index is 1.25. The van der Waals surface area contributed by atoms with Gasteiger partial charge in [-0.05, 0) is 48.7 Å². The van der Waals surface area contributed by atoms with Gasteiger partial charge in [-0.25, -0.2) is 22.8 Å². The summed E-state index contributed by atoms with van der Waals surface area (Å²) < 4.78 is 33.8. The van der Waals surface area contributed by atoms with Crippen molar-refractivity contribution in [3.8, 4) is 0 Å². The molecule has 5 rings (SSSR count). The van der Waals surface area contributed by atoms with Crippen LogP contribution in [0.2, 0.25) is 25.7 Å². The maximum absolute atomic E-state index is 13.2. The molecule has 3 heterocycles. The van der Waals surface area contributed by atoms with E-state index in [9.17, 15) is 22.8 Å². The van der Waals surface area contributed by atoms with Crippen LogP contribution in [-0.4, -0.2) is 84.1 Å². The number of imidazole rings is 1. The summed E-state index contributed by atoms with van der Waals surface area (Å²) >= 11 is 0. The van der Waals surface area contributed by atoms with E-state index >= 15 is 0 Å². The van der Waals surface area contributed by atoms with Gasteiger partial charge in [0, 0.05) is 39.0 Å². The molecule has 12 nitrogen and oxygen atoms in total. The van der Waals surface area contributed by atoms with Crippen molar-refractivity contribution in [2.24, 2.45) is 0 Å². The number of aromatic amines is 1. The van der Waals surface area contributed by atoms with Crippen molar-refractivity contribution in [3.63, 3.8) is 0 Å². The number of carbonyl (C=O) groups is 2. The number of para-hydroxylation sites is 2. The summed E-state index contributed by atoms with van der Waals surface area (Å²) in [5.74, 6) is -0.550. The Labute approximate surface area is 251 Å². The van der Waals surface area contributed by atoms with Crippen LogP contribution >= 0.6 is 0 Å². The number of nitrogens with one attached hydrogen (secondary N) is 2. The van der Waals surface area contributed by atoms with E-state index in [2.05, 4.69) is 35.0 Å². The molecule has 1 fully saturated rings. The molecular formula is C29H38N6O6SSi. The molecule has 43 heavy (non-hydrogen) atoms. The normalized spacial score (nSPS) is 15.6. The fraction of sp³-hybridized carbons (Fsp3) is 0.448. The molecule has 0 radical (unpaired) electrons. The maximum atomic E-state index is 13.2. The molecule has 4 aromatic rings. The van der Waals surface area contributed by atoms with Crippen molar-refractivity contribution < 1.29 is 22.7 Å². The van der Waals surface area contributed by atoms with Crippen LogP contribution in [0.5, 0.6) is 0 Å². The van der Waals surface area contributed by atoms with Crippen LogP contribution in [0.3, 0.4) is 0 Å². The number of benzene rings is 2. The molecule has 0 spiro atoms. The molecule has 2 amide bonds. The molecule has 1 aliphatic heterocycles. The molecule has 0 bridgehead atoms. The third-order valence-electron chi connectivity index (χ3n) is 7.94. The summed E-state index contributed by atoms with van der Waals surface area (Å²) in [6, 6.07) is 12.0. The van der Waals surface area contributed by atoms with Crippen LogP contribution < -0.4 is 11.0 Å². The van der Waals surface area contributed by atoms with Crippen molar-refractivity contribution >= 4 is 52.0 Å². The average molecular weight is 627 g/mol. The molecule has 230 valence electrons. The average Bonchev–Trinajstić information content (AvgIpc) is 3.55. The van der Waals surface area contributed by atoms with Crippen LogP contribution in [0, 0.1) is 0 Å². The summed E-state index contributed by atoms with van der Waals surface area (Å²) in [7, 11) is -3.90. The van der Waals surface area contributed by atoms with Crippen molar-refractivity contribution in [1.82, 2.24) is 29.0 Å². The maximum Gasteiger partial charge on any atom is 0.328 e. The fourth-order valence-electron chi connectivity index (χ4n) is 5.50. The first-order valence-electron chi connectivity index (χ1n) is 14.4. The number of hydrogen-bond acceptors (Lipinski definition) is 7. The number of methoxy groups -OCH3 is 1. The lowest BCUT2D eigenvalue weighted by Crippen LogP contribution is -2.51. The largest absolute Gasteiger partial charge is 0.467 e. The van der Waals surface area contributed by atoms with Gasteiger partial charge in [0.25, 0.3) is 10.0 Å². The Morgan fingerprint density at radius 3 is 2.53 bits per heavy atom. The number of ether oxygens (including phenoxy) is 1. The number of esters is 1. The Kier molecular flexibility index (Phi) is 8.52. The van der Waals surface area contributed by atoms with Crippen LogP contribution in [0.4, 0.5) is 4.79 Å². The first-order valence-corrected chi connectivity index (χ1v) is 19.7. The number of piperidine rings is 1. The van der Waals surface area contributed by atoms with Gasteiger partial charge < -0.3 is 19.9 Å². The zero-order chi connectivity index (χ0) is 30.9. The highest BCUT2D eigenvalue weighted by Crippen LogP contribution is 2.25. The lowest BCUT2D eigenvalue weighted by Gasteiger charge is -2.33. The highest BCUT2D eigenvalue weighted by atomic mass is 32.2. The highest BCUT2D eigenvalue weighted by Gasteiger charge is 2.30.